The summed E-state index contributed by atoms with van der Waals surface area (Å²) in [6.45, 7) is 5.14. The molecule has 96 valence electrons. The molecule has 6 heteroatoms. The van der Waals surface area contributed by atoms with E-state index in [9.17, 15) is 0 Å². The molecule has 0 atom stereocenters. The van der Waals surface area contributed by atoms with Crippen molar-refractivity contribution in [3.8, 4) is 0 Å². The summed E-state index contributed by atoms with van der Waals surface area (Å²) in [7, 11) is 0. The Balaban J connectivity index is 1.71. The van der Waals surface area contributed by atoms with Crippen molar-refractivity contribution in [2.75, 3.05) is 59.4 Å². The predicted octanol–water partition coefficient (Wildman–Crippen LogP) is -0.632. The highest BCUT2D eigenvalue weighted by Gasteiger charge is 2.15. The fraction of sp³-hybridized carbons (Fsp3) is 1.00. The van der Waals surface area contributed by atoms with Gasteiger partial charge in [-0.05, 0) is 0 Å². The Morgan fingerprint density at radius 1 is 0.875 bits per heavy atom. The Bertz CT molecular complexity index is 152. The molecule has 1 rings (SSSR count). The van der Waals surface area contributed by atoms with Gasteiger partial charge < -0.3 is 29.4 Å². The summed E-state index contributed by atoms with van der Waals surface area (Å²) in [5, 5.41) is 0. The normalized spacial score (nSPS) is 17.1. The van der Waals surface area contributed by atoms with Gasteiger partial charge in [0.2, 0.25) is 0 Å². The van der Waals surface area contributed by atoms with Crippen LogP contribution < -0.4 is 5.73 Å². The van der Waals surface area contributed by atoms with Crippen LogP contribution >= 0.6 is 0 Å². The van der Waals surface area contributed by atoms with E-state index < -0.39 is 0 Å². The molecule has 1 fully saturated rings. The lowest BCUT2D eigenvalue weighted by atomic mass is 10.6. The van der Waals surface area contributed by atoms with Crippen LogP contribution in [0.4, 0.5) is 0 Å². The molecule has 0 unspecified atom stereocenters. The largest absolute Gasteiger partial charge is 0.378 e. The van der Waals surface area contributed by atoms with Gasteiger partial charge in [-0.2, -0.15) is 0 Å². The van der Waals surface area contributed by atoms with Gasteiger partial charge in [-0.3, -0.25) is 0 Å². The summed E-state index contributed by atoms with van der Waals surface area (Å²) >= 11 is 0. The molecule has 16 heavy (non-hydrogen) atoms. The van der Waals surface area contributed by atoms with E-state index in [4.69, 9.17) is 29.4 Å². The minimum atomic E-state index is -0.201. The molecular formula is C10H21NO5. The zero-order valence-corrected chi connectivity index (χ0v) is 9.56. The van der Waals surface area contributed by atoms with Gasteiger partial charge in [-0.1, -0.05) is 0 Å². The molecule has 1 saturated heterocycles. The maximum absolute atomic E-state index is 5.31. The molecular weight excluding hydrogens is 214 g/mol. The summed E-state index contributed by atoms with van der Waals surface area (Å²) in [6, 6.07) is 0. The minimum absolute atomic E-state index is 0.201. The number of hydrogen-bond donors (Lipinski definition) is 1. The van der Waals surface area contributed by atoms with Crippen molar-refractivity contribution >= 4 is 0 Å². The number of rotatable bonds is 10. The van der Waals surface area contributed by atoms with E-state index in [2.05, 4.69) is 0 Å². The van der Waals surface area contributed by atoms with Gasteiger partial charge >= 0.3 is 0 Å². The second-order valence-electron chi connectivity index (χ2n) is 3.26. The molecule has 0 aromatic carbocycles. The minimum Gasteiger partial charge on any atom is -0.378 e. The quantitative estimate of drug-likeness (QED) is 0.508. The standard InChI is InChI=1S/C10H21NO5/c11-1-2-12-3-4-13-5-6-14-9-10-15-7-8-16-10/h10H,1-9,11H2. The molecule has 0 aromatic rings. The fourth-order valence-corrected chi connectivity index (χ4v) is 1.21. The molecule has 1 aliphatic rings. The molecule has 0 bridgehead atoms. The molecule has 2 N–H and O–H groups in total. The average molecular weight is 235 g/mol. The first-order valence-corrected chi connectivity index (χ1v) is 5.60. The molecule has 0 aromatic heterocycles. The lowest BCUT2D eigenvalue weighted by molar-refractivity contribution is -0.100. The van der Waals surface area contributed by atoms with Crippen LogP contribution in [-0.4, -0.2) is 65.7 Å². The second kappa shape index (κ2) is 9.95. The summed E-state index contributed by atoms with van der Waals surface area (Å²) in [5.74, 6) is 0. The Morgan fingerprint density at radius 3 is 2.06 bits per heavy atom. The molecule has 6 nitrogen and oxygen atoms in total. The average Bonchev–Trinajstić information content (AvgIpc) is 2.80. The van der Waals surface area contributed by atoms with Gasteiger partial charge in [0.05, 0.1) is 52.9 Å². The third-order valence-corrected chi connectivity index (χ3v) is 1.95. The van der Waals surface area contributed by atoms with Crippen molar-refractivity contribution in [2.24, 2.45) is 5.73 Å². The van der Waals surface area contributed by atoms with Gasteiger partial charge in [0.15, 0.2) is 6.29 Å². The first kappa shape index (κ1) is 13.8. The van der Waals surface area contributed by atoms with Crippen LogP contribution in [0.1, 0.15) is 0 Å². The maximum Gasteiger partial charge on any atom is 0.181 e. The predicted molar refractivity (Wildman–Crippen MR) is 57.2 cm³/mol. The Kier molecular flexibility index (Phi) is 8.60. The molecule has 1 aliphatic heterocycles. The summed E-state index contributed by atoms with van der Waals surface area (Å²) in [5.41, 5.74) is 5.26. The van der Waals surface area contributed by atoms with Crippen LogP contribution in [0.3, 0.4) is 0 Å². The first-order valence-electron chi connectivity index (χ1n) is 5.60. The first-order chi connectivity index (χ1) is 7.93. The zero-order valence-electron chi connectivity index (χ0n) is 9.56. The third-order valence-electron chi connectivity index (χ3n) is 1.95. The lowest BCUT2D eigenvalue weighted by Gasteiger charge is -2.09. The van der Waals surface area contributed by atoms with Crippen molar-refractivity contribution < 1.29 is 23.7 Å². The van der Waals surface area contributed by atoms with Crippen LogP contribution in [0.2, 0.25) is 0 Å². The van der Waals surface area contributed by atoms with Gasteiger partial charge in [0.25, 0.3) is 0 Å². The molecule has 1 heterocycles. The van der Waals surface area contributed by atoms with Crippen molar-refractivity contribution in [3.63, 3.8) is 0 Å². The molecule has 0 aliphatic carbocycles. The van der Waals surface area contributed by atoms with E-state index in [1.165, 1.54) is 0 Å². The van der Waals surface area contributed by atoms with Gasteiger partial charge in [-0.15, -0.1) is 0 Å². The lowest BCUT2D eigenvalue weighted by Crippen LogP contribution is -2.18. The van der Waals surface area contributed by atoms with Crippen molar-refractivity contribution in [2.45, 2.75) is 6.29 Å². The van der Waals surface area contributed by atoms with Crippen LogP contribution in [0, 0.1) is 0 Å². The highest BCUT2D eigenvalue weighted by molar-refractivity contribution is 4.49. The van der Waals surface area contributed by atoms with Gasteiger partial charge in [-0.25, -0.2) is 0 Å². The maximum atomic E-state index is 5.31. The van der Waals surface area contributed by atoms with Gasteiger partial charge in [0.1, 0.15) is 0 Å². The van der Waals surface area contributed by atoms with Crippen LogP contribution in [-0.2, 0) is 23.7 Å². The molecule has 0 spiro atoms. The molecule has 0 saturated carbocycles. The van der Waals surface area contributed by atoms with Crippen molar-refractivity contribution in [1.82, 2.24) is 0 Å². The summed E-state index contributed by atoms with van der Waals surface area (Å²) in [4.78, 5) is 0. The Hall–Kier alpha value is -0.240. The number of nitrogens with two attached hydrogens (primary N) is 1. The van der Waals surface area contributed by atoms with Crippen LogP contribution in [0.25, 0.3) is 0 Å². The highest BCUT2D eigenvalue weighted by atomic mass is 16.7. The van der Waals surface area contributed by atoms with E-state index in [1.54, 1.807) is 0 Å². The van der Waals surface area contributed by atoms with E-state index in [0.29, 0.717) is 59.4 Å². The third kappa shape index (κ3) is 7.10. The topological polar surface area (TPSA) is 72.2 Å². The second-order valence-corrected chi connectivity index (χ2v) is 3.26. The SMILES string of the molecule is NCCOCCOCCOCC1OCCO1. The smallest absolute Gasteiger partial charge is 0.181 e. The molecule has 0 amide bonds. The Labute approximate surface area is 95.9 Å². The van der Waals surface area contributed by atoms with Crippen LogP contribution in [0.15, 0.2) is 0 Å². The Morgan fingerprint density at radius 2 is 1.44 bits per heavy atom. The van der Waals surface area contributed by atoms with Crippen molar-refractivity contribution in [1.29, 1.82) is 0 Å². The van der Waals surface area contributed by atoms with Gasteiger partial charge in [0, 0.05) is 6.54 Å². The highest BCUT2D eigenvalue weighted by Crippen LogP contribution is 2.03. The summed E-state index contributed by atoms with van der Waals surface area (Å²) < 4.78 is 26.1. The van der Waals surface area contributed by atoms with E-state index in [-0.39, 0.29) is 6.29 Å². The molecule has 0 radical (unpaired) electrons. The monoisotopic (exact) mass is 235 g/mol. The zero-order chi connectivity index (χ0) is 11.5. The fourth-order valence-electron chi connectivity index (χ4n) is 1.21. The van der Waals surface area contributed by atoms with E-state index >= 15 is 0 Å². The van der Waals surface area contributed by atoms with Crippen molar-refractivity contribution in [3.05, 3.63) is 0 Å². The van der Waals surface area contributed by atoms with E-state index in [0.717, 1.165) is 0 Å². The van der Waals surface area contributed by atoms with E-state index in [1.807, 2.05) is 0 Å². The summed E-state index contributed by atoms with van der Waals surface area (Å²) in [6.07, 6.45) is -0.201. The number of hydrogen-bond acceptors (Lipinski definition) is 6. The van der Waals surface area contributed by atoms with Crippen LogP contribution in [0.5, 0.6) is 0 Å². The number of ether oxygens (including phenoxy) is 5.